The topological polar surface area (TPSA) is 39.7 Å². The molecule has 0 saturated carbocycles. The summed E-state index contributed by atoms with van der Waals surface area (Å²) in [4.78, 5) is 0. The van der Waals surface area contributed by atoms with Gasteiger partial charge in [0.1, 0.15) is 5.75 Å². The van der Waals surface area contributed by atoms with Gasteiger partial charge in [-0.1, -0.05) is 11.6 Å². The molecule has 0 atom stereocenters. The van der Waals surface area contributed by atoms with Crippen LogP contribution in [0.3, 0.4) is 0 Å². The van der Waals surface area contributed by atoms with Crippen molar-refractivity contribution in [1.29, 1.82) is 0 Å². The molecule has 22 heavy (non-hydrogen) atoms. The lowest BCUT2D eigenvalue weighted by Crippen LogP contribution is -2.02. The van der Waals surface area contributed by atoms with Crippen molar-refractivity contribution in [3.8, 4) is 17.2 Å². The Balaban J connectivity index is 2.11. The van der Waals surface area contributed by atoms with Crippen molar-refractivity contribution in [2.24, 2.45) is 0 Å². The Morgan fingerprint density at radius 3 is 2.32 bits per heavy atom. The van der Waals surface area contributed by atoms with Crippen LogP contribution in [0.1, 0.15) is 12.5 Å². The highest BCUT2D eigenvalue weighted by atomic mass is 35.5. The normalized spacial score (nSPS) is 10.2. The molecule has 0 aromatic heterocycles. The summed E-state index contributed by atoms with van der Waals surface area (Å²) in [6, 6.07) is 11.4. The van der Waals surface area contributed by atoms with Crippen LogP contribution < -0.4 is 19.5 Å². The Morgan fingerprint density at radius 1 is 1.00 bits per heavy atom. The molecule has 0 radical (unpaired) electrons. The minimum atomic E-state index is 0.566. The smallest absolute Gasteiger partial charge is 0.162 e. The first-order chi connectivity index (χ1) is 10.7. The highest BCUT2D eigenvalue weighted by Crippen LogP contribution is 2.33. The molecule has 0 aliphatic carbocycles. The van der Waals surface area contributed by atoms with Crippen molar-refractivity contribution in [3.63, 3.8) is 0 Å². The summed E-state index contributed by atoms with van der Waals surface area (Å²) in [7, 11) is 3.26. The molecule has 118 valence electrons. The van der Waals surface area contributed by atoms with Gasteiger partial charge in [-0.2, -0.15) is 0 Å². The first kappa shape index (κ1) is 16.3. The molecule has 0 aliphatic heterocycles. The third kappa shape index (κ3) is 3.98. The maximum Gasteiger partial charge on any atom is 0.162 e. The van der Waals surface area contributed by atoms with Crippen molar-refractivity contribution in [2.45, 2.75) is 13.5 Å². The highest BCUT2D eigenvalue weighted by molar-refractivity contribution is 6.31. The Labute approximate surface area is 136 Å². The van der Waals surface area contributed by atoms with Crippen molar-refractivity contribution in [1.82, 2.24) is 0 Å². The number of benzene rings is 2. The van der Waals surface area contributed by atoms with Gasteiger partial charge < -0.3 is 19.5 Å². The van der Waals surface area contributed by atoms with Crippen LogP contribution in [0, 0.1) is 0 Å². The Kier molecular flexibility index (Phi) is 5.78. The van der Waals surface area contributed by atoms with Crippen LogP contribution in [0.15, 0.2) is 36.4 Å². The van der Waals surface area contributed by atoms with Crippen molar-refractivity contribution in [2.75, 3.05) is 26.1 Å². The fraction of sp³-hybridized carbons (Fsp3) is 0.294. The van der Waals surface area contributed by atoms with Gasteiger partial charge in [0.05, 0.1) is 20.8 Å². The zero-order valence-electron chi connectivity index (χ0n) is 13.0. The van der Waals surface area contributed by atoms with Crippen LogP contribution in [0.2, 0.25) is 5.02 Å². The number of rotatable bonds is 7. The van der Waals surface area contributed by atoms with E-state index >= 15 is 0 Å². The molecule has 0 heterocycles. The number of ether oxygens (including phenoxy) is 3. The van der Waals surface area contributed by atoms with E-state index < -0.39 is 0 Å². The second-order valence-corrected chi connectivity index (χ2v) is 5.02. The fourth-order valence-electron chi connectivity index (χ4n) is 2.05. The molecule has 4 nitrogen and oxygen atoms in total. The molecule has 0 fully saturated rings. The maximum atomic E-state index is 6.31. The molecule has 0 aliphatic rings. The van der Waals surface area contributed by atoms with Crippen molar-refractivity contribution in [3.05, 3.63) is 47.0 Å². The summed E-state index contributed by atoms with van der Waals surface area (Å²) in [6.45, 7) is 3.08. The predicted octanol–water partition coefficient (Wildman–Crippen LogP) is 4.37. The quantitative estimate of drug-likeness (QED) is 0.822. The molecule has 0 saturated heterocycles. The van der Waals surface area contributed by atoms with Gasteiger partial charge in [-0.15, -0.1) is 0 Å². The lowest BCUT2D eigenvalue weighted by Gasteiger charge is -2.14. The number of nitrogens with one attached hydrogen (secondary N) is 1. The van der Waals surface area contributed by atoms with Crippen molar-refractivity contribution >= 4 is 17.3 Å². The molecule has 0 unspecified atom stereocenters. The van der Waals surface area contributed by atoms with Gasteiger partial charge in [0, 0.05) is 23.3 Å². The van der Waals surface area contributed by atoms with Crippen LogP contribution in [0.4, 0.5) is 5.69 Å². The number of hydrogen-bond acceptors (Lipinski definition) is 4. The lowest BCUT2D eigenvalue weighted by molar-refractivity contribution is 0.311. The van der Waals surface area contributed by atoms with Crippen molar-refractivity contribution < 1.29 is 14.2 Å². The molecule has 2 aromatic carbocycles. The predicted molar refractivity (Wildman–Crippen MR) is 89.5 cm³/mol. The van der Waals surface area contributed by atoms with E-state index in [0.29, 0.717) is 29.7 Å². The van der Waals surface area contributed by atoms with Crippen LogP contribution in [-0.4, -0.2) is 20.8 Å². The Hall–Kier alpha value is -2.07. The molecular formula is C17H20ClNO3. The Bertz CT molecular complexity index is 614. The van der Waals surface area contributed by atoms with E-state index in [-0.39, 0.29) is 0 Å². The number of hydrogen-bond donors (Lipinski definition) is 1. The molecule has 0 bridgehead atoms. The molecular weight excluding hydrogens is 302 g/mol. The summed E-state index contributed by atoms with van der Waals surface area (Å²) < 4.78 is 16.0. The monoisotopic (exact) mass is 321 g/mol. The summed E-state index contributed by atoms with van der Waals surface area (Å²) in [5.74, 6) is 2.16. The second-order valence-electron chi connectivity index (χ2n) is 4.61. The minimum absolute atomic E-state index is 0.566. The van der Waals surface area contributed by atoms with Gasteiger partial charge in [0.15, 0.2) is 11.5 Å². The average molecular weight is 322 g/mol. The molecule has 0 amide bonds. The van der Waals surface area contributed by atoms with E-state index in [2.05, 4.69) is 5.32 Å². The van der Waals surface area contributed by atoms with Gasteiger partial charge >= 0.3 is 0 Å². The summed E-state index contributed by atoms with van der Waals surface area (Å²) in [5, 5.41) is 3.96. The van der Waals surface area contributed by atoms with Crippen LogP contribution in [0.25, 0.3) is 0 Å². The molecule has 2 rings (SSSR count). The van der Waals surface area contributed by atoms with E-state index in [0.717, 1.165) is 17.0 Å². The largest absolute Gasteiger partial charge is 0.497 e. The van der Waals surface area contributed by atoms with Gasteiger partial charge in [-0.05, 0) is 42.8 Å². The second kappa shape index (κ2) is 7.80. The summed E-state index contributed by atoms with van der Waals surface area (Å²) in [5.41, 5.74) is 1.93. The first-order valence-electron chi connectivity index (χ1n) is 7.05. The van der Waals surface area contributed by atoms with E-state index in [1.807, 2.05) is 37.3 Å². The molecule has 1 N–H and O–H groups in total. The van der Waals surface area contributed by atoms with E-state index in [4.69, 9.17) is 25.8 Å². The zero-order chi connectivity index (χ0) is 15.9. The van der Waals surface area contributed by atoms with Gasteiger partial charge in [0.2, 0.25) is 0 Å². The third-order valence-corrected chi connectivity index (χ3v) is 3.56. The minimum Gasteiger partial charge on any atom is -0.497 e. The van der Waals surface area contributed by atoms with E-state index in [1.165, 1.54) is 0 Å². The van der Waals surface area contributed by atoms with Crippen LogP contribution in [0.5, 0.6) is 17.2 Å². The van der Waals surface area contributed by atoms with Gasteiger partial charge in [-0.25, -0.2) is 0 Å². The SMILES string of the molecule is CCOc1cc(Cl)c(CNc2ccc(OC)cc2)cc1OC. The fourth-order valence-corrected chi connectivity index (χ4v) is 2.27. The van der Waals surface area contributed by atoms with E-state index in [9.17, 15) is 0 Å². The van der Waals surface area contributed by atoms with Gasteiger partial charge in [0.25, 0.3) is 0 Å². The number of anilines is 1. The van der Waals surface area contributed by atoms with Crippen LogP contribution >= 0.6 is 11.6 Å². The maximum absolute atomic E-state index is 6.31. The highest BCUT2D eigenvalue weighted by Gasteiger charge is 2.10. The zero-order valence-corrected chi connectivity index (χ0v) is 13.7. The standard InChI is InChI=1S/C17H20ClNO3/c1-4-22-17-10-15(18)12(9-16(17)21-3)11-19-13-5-7-14(20-2)8-6-13/h5-10,19H,4,11H2,1-3H3. The number of methoxy groups -OCH3 is 2. The molecule has 2 aromatic rings. The van der Waals surface area contributed by atoms with E-state index in [1.54, 1.807) is 20.3 Å². The molecule has 5 heteroatoms. The Morgan fingerprint density at radius 2 is 1.73 bits per heavy atom. The van der Waals surface area contributed by atoms with Crippen LogP contribution in [-0.2, 0) is 6.54 Å². The summed E-state index contributed by atoms with van der Waals surface area (Å²) >= 11 is 6.31. The first-order valence-corrected chi connectivity index (χ1v) is 7.42. The average Bonchev–Trinajstić information content (AvgIpc) is 2.55. The third-order valence-electron chi connectivity index (χ3n) is 3.21. The lowest BCUT2D eigenvalue weighted by atomic mass is 10.2. The number of halogens is 1. The summed E-state index contributed by atoms with van der Waals surface area (Å²) in [6.07, 6.45) is 0. The van der Waals surface area contributed by atoms with Gasteiger partial charge in [-0.3, -0.25) is 0 Å². The molecule has 0 spiro atoms.